The Bertz CT molecular complexity index is 722. The van der Waals surface area contributed by atoms with Crippen LogP contribution in [0, 0.1) is 12.8 Å². The molecule has 3 heterocycles. The Balaban J connectivity index is 1.41. The molecular weight excluding hydrogens is 356 g/mol. The lowest BCUT2D eigenvalue weighted by Gasteiger charge is -2.38. The fraction of sp³-hybridized carbons (Fsp3) is 0.579. The highest BCUT2D eigenvalue weighted by Gasteiger charge is 2.43. The molecule has 7 heteroatoms. The number of nitrogens with zero attached hydrogens (tertiary/aromatic N) is 2. The first-order valence-corrected chi connectivity index (χ1v) is 9.48. The van der Waals surface area contributed by atoms with Crippen LogP contribution in [0.15, 0.2) is 18.2 Å². The van der Waals surface area contributed by atoms with Crippen molar-refractivity contribution in [2.24, 2.45) is 5.92 Å². The number of halogens is 1. The molecule has 2 amide bonds. The third kappa shape index (κ3) is 3.21. The Hall–Kier alpha value is -1.63. The molecule has 1 unspecified atom stereocenters. The number of carbonyl (C=O) groups excluding carboxylic acids is 2. The molecule has 26 heavy (non-hydrogen) atoms. The number of hydrogen-bond donors (Lipinski definition) is 0. The molecule has 3 aliphatic rings. The molecule has 4 rings (SSSR count). The van der Waals surface area contributed by atoms with E-state index in [9.17, 15) is 9.59 Å². The summed E-state index contributed by atoms with van der Waals surface area (Å²) in [4.78, 5) is 29.0. The van der Waals surface area contributed by atoms with Crippen LogP contribution in [0.25, 0.3) is 0 Å². The number of anilines is 1. The highest BCUT2D eigenvalue weighted by Crippen LogP contribution is 2.34. The zero-order chi connectivity index (χ0) is 18.3. The lowest BCUT2D eigenvalue weighted by Crippen LogP contribution is -2.49. The molecule has 3 aliphatic heterocycles. The van der Waals surface area contributed by atoms with Gasteiger partial charge in [-0.1, -0.05) is 11.6 Å². The largest absolute Gasteiger partial charge is 0.347 e. The van der Waals surface area contributed by atoms with E-state index in [1.54, 1.807) is 11.0 Å². The van der Waals surface area contributed by atoms with Crippen molar-refractivity contribution in [3.63, 3.8) is 0 Å². The first kappa shape index (κ1) is 17.8. The average Bonchev–Trinajstić information content (AvgIpc) is 3.22. The number of rotatable bonds is 2. The predicted molar refractivity (Wildman–Crippen MR) is 97.1 cm³/mol. The van der Waals surface area contributed by atoms with Gasteiger partial charge in [-0.3, -0.25) is 9.59 Å². The van der Waals surface area contributed by atoms with Crippen molar-refractivity contribution < 1.29 is 19.1 Å². The van der Waals surface area contributed by atoms with Crippen LogP contribution >= 0.6 is 11.6 Å². The van der Waals surface area contributed by atoms with Crippen LogP contribution in [-0.4, -0.2) is 55.3 Å². The lowest BCUT2D eigenvalue weighted by atomic mass is 10.0. The Morgan fingerprint density at radius 2 is 1.92 bits per heavy atom. The Morgan fingerprint density at radius 3 is 2.58 bits per heavy atom. The first-order valence-electron chi connectivity index (χ1n) is 9.11. The Kier molecular flexibility index (Phi) is 4.67. The maximum Gasteiger partial charge on any atom is 0.228 e. The van der Waals surface area contributed by atoms with Gasteiger partial charge in [-0.25, -0.2) is 0 Å². The number of ether oxygens (including phenoxy) is 2. The topological polar surface area (TPSA) is 59.1 Å². The van der Waals surface area contributed by atoms with E-state index in [4.69, 9.17) is 21.1 Å². The fourth-order valence-electron chi connectivity index (χ4n) is 4.14. The van der Waals surface area contributed by atoms with Gasteiger partial charge in [-0.15, -0.1) is 0 Å². The number of amides is 2. The van der Waals surface area contributed by atoms with Crippen molar-refractivity contribution in [1.29, 1.82) is 0 Å². The predicted octanol–water partition coefficient (Wildman–Crippen LogP) is 2.37. The van der Waals surface area contributed by atoms with Crippen LogP contribution in [0.2, 0.25) is 5.02 Å². The minimum atomic E-state index is -0.491. The molecule has 1 atom stereocenters. The molecule has 0 bridgehead atoms. The van der Waals surface area contributed by atoms with Crippen molar-refractivity contribution in [3.05, 3.63) is 28.8 Å². The number of aryl methyl sites for hydroxylation is 1. The molecule has 3 saturated heterocycles. The van der Waals surface area contributed by atoms with E-state index < -0.39 is 5.79 Å². The third-order valence-corrected chi connectivity index (χ3v) is 5.81. The van der Waals surface area contributed by atoms with E-state index in [2.05, 4.69) is 0 Å². The zero-order valence-electron chi connectivity index (χ0n) is 14.9. The highest BCUT2D eigenvalue weighted by atomic mass is 35.5. The first-order chi connectivity index (χ1) is 12.5. The standard InChI is InChI=1S/C19H23ClN2O4/c1-13-10-15(20)2-3-16(13)22-12-14(11-17(22)23)18(24)21-6-4-19(5-7-21)25-8-9-26-19/h2-3,10,14H,4-9,11-12H2,1H3. The van der Waals surface area contributed by atoms with Gasteiger partial charge < -0.3 is 19.3 Å². The maximum absolute atomic E-state index is 12.9. The molecule has 0 radical (unpaired) electrons. The van der Waals surface area contributed by atoms with E-state index in [0.717, 1.165) is 11.3 Å². The second-order valence-corrected chi connectivity index (χ2v) is 7.71. The average molecular weight is 379 g/mol. The summed E-state index contributed by atoms with van der Waals surface area (Å²) in [5, 5.41) is 0.643. The summed E-state index contributed by atoms with van der Waals surface area (Å²) in [6.45, 7) is 4.83. The normalized spacial score (nSPS) is 25.3. The van der Waals surface area contributed by atoms with Crippen molar-refractivity contribution >= 4 is 29.1 Å². The molecule has 0 saturated carbocycles. The van der Waals surface area contributed by atoms with Crippen molar-refractivity contribution in [2.45, 2.75) is 32.0 Å². The molecule has 1 aromatic rings. The van der Waals surface area contributed by atoms with Gasteiger partial charge in [0.2, 0.25) is 11.8 Å². The summed E-state index contributed by atoms with van der Waals surface area (Å²) in [6, 6.07) is 5.46. The highest BCUT2D eigenvalue weighted by molar-refractivity contribution is 6.30. The zero-order valence-corrected chi connectivity index (χ0v) is 15.6. The van der Waals surface area contributed by atoms with Crippen LogP contribution in [-0.2, 0) is 19.1 Å². The van der Waals surface area contributed by atoms with Crippen LogP contribution in [0.5, 0.6) is 0 Å². The van der Waals surface area contributed by atoms with Gasteiger partial charge in [-0.05, 0) is 30.7 Å². The number of carbonyl (C=O) groups is 2. The number of piperidine rings is 1. The summed E-state index contributed by atoms with van der Waals surface area (Å²) in [5.41, 5.74) is 1.77. The second-order valence-electron chi connectivity index (χ2n) is 7.27. The SMILES string of the molecule is Cc1cc(Cl)ccc1N1CC(C(=O)N2CCC3(CC2)OCCO3)CC1=O. The van der Waals surface area contributed by atoms with Gasteiger partial charge in [0, 0.05) is 49.6 Å². The van der Waals surface area contributed by atoms with Gasteiger partial charge in [0.15, 0.2) is 5.79 Å². The summed E-state index contributed by atoms with van der Waals surface area (Å²) in [7, 11) is 0. The monoisotopic (exact) mass is 378 g/mol. The summed E-state index contributed by atoms with van der Waals surface area (Å²) in [5.74, 6) is -0.739. The minimum Gasteiger partial charge on any atom is -0.347 e. The fourth-order valence-corrected chi connectivity index (χ4v) is 4.37. The van der Waals surface area contributed by atoms with E-state index in [1.165, 1.54) is 0 Å². The van der Waals surface area contributed by atoms with E-state index in [-0.39, 0.29) is 24.2 Å². The van der Waals surface area contributed by atoms with Crippen molar-refractivity contribution in [2.75, 3.05) is 37.7 Å². The van der Waals surface area contributed by atoms with Crippen LogP contribution in [0.3, 0.4) is 0 Å². The quantitative estimate of drug-likeness (QED) is 0.792. The molecule has 0 aromatic heterocycles. The smallest absolute Gasteiger partial charge is 0.228 e. The molecular formula is C19H23ClN2O4. The van der Waals surface area contributed by atoms with Gasteiger partial charge in [-0.2, -0.15) is 0 Å². The van der Waals surface area contributed by atoms with E-state index in [1.807, 2.05) is 24.0 Å². The van der Waals surface area contributed by atoms with Crippen molar-refractivity contribution in [3.8, 4) is 0 Å². The summed E-state index contributed by atoms with van der Waals surface area (Å²) in [6.07, 6.45) is 1.65. The van der Waals surface area contributed by atoms with Gasteiger partial charge in [0.05, 0.1) is 19.1 Å². The lowest BCUT2D eigenvalue weighted by molar-refractivity contribution is -0.188. The van der Waals surface area contributed by atoms with Crippen LogP contribution in [0.1, 0.15) is 24.8 Å². The summed E-state index contributed by atoms with van der Waals surface area (Å²) >= 11 is 6.01. The van der Waals surface area contributed by atoms with Crippen molar-refractivity contribution in [1.82, 2.24) is 4.90 Å². The van der Waals surface area contributed by atoms with E-state index in [0.29, 0.717) is 50.7 Å². The molecule has 0 N–H and O–H groups in total. The summed E-state index contributed by atoms with van der Waals surface area (Å²) < 4.78 is 11.4. The van der Waals surface area contributed by atoms with Gasteiger partial charge in [0.1, 0.15) is 0 Å². The molecule has 1 aromatic carbocycles. The Morgan fingerprint density at radius 1 is 1.23 bits per heavy atom. The Labute approximate surface area is 158 Å². The van der Waals surface area contributed by atoms with Crippen LogP contribution in [0.4, 0.5) is 5.69 Å². The molecule has 140 valence electrons. The molecule has 0 aliphatic carbocycles. The second kappa shape index (κ2) is 6.83. The van der Waals surface area contributed by atoms with Gasteiger partial charge in [0.25, 0.3) is 0 Å². The molecule has 6 nitrogen and oxygen atoms in total. The number of benzene rings is 1. The minimum absolute atomic E-state index is 0.00953. The maximum atomic E-state index is 12.9. The number of hydrogen-bond acceptors (Lipinski definition) is 4. The van der Waals surface area contributed by atoms with E-state index >= 15 is 0 Å². The molecule has 1 spiro atoms. The van der Waals surface area contributed by atoms with Gasteiger partial charge >= 0.3 is 0 Å². The third-order valence-electron chi connectivity index (χ3n) is 5.57. The molecule has 3 fully saturated rings. The number of likely N-dealkylation sites (tertiary alicyclic amines) is 1. The van der Waals surface area contributed by atoms with Crippen LogP contribution < -0.4 is 4.90 Å².